The molecular formula is C12H7ClINO3. The first kappa shape index (κ1) is 13.1. The molecule has 6 heteroatoms. The van der Waals surface area contributed by atoms with E-state index in [0.29, 0.717) is 5.75 Å². The molecule has 2 aromatic rings. The standard InChI is InChI=1S/C12H7ClINO3/c13-10-6-15-11(5-9(10)12(16)17)18-8-3-1-2-7(14)4-8/h1-6H,(H,16,17). The van der Waals surface area contributed by atoms with Crippen molar-refractivity contribution in [3.8, 4) is 11.6 Å². The number of hydrogen-bond donors (Lipinski definition) is 1. The fourth-order valence-corrected chi connectivity index (χ4v) is 1.99. The van der Waals surface area contributed by atoms with Crippen molar-refractivity contribution in [2.24, 2.45) is 0 Å². The van der Waals surface area contributed by atoms with Gasteiger partial charge >= 0.3 is 5.97 Å². The molecule has 92 valence electrons. The van der Waals surface area contributed by atoms with Crippen LogP contribution in [-0.2, 0) is 0 Å². The van der Waals surface area contributed by atoms with E-state index in [1.807, 2.05) is 18.2 Å². The number of pyridine rings is 1. The average molecular weight is 376 g/mol. The first-order valence-corrected chi connectivity index (χ1v) is 6.34. The summed E-state index contributed by atoms with van der Waals surface area (Å²) in [5.74, 6) is -0.332. The molecule has 0 spiro atoms. The van der Waals surface area contributed by atoms with Gasteiger partial charge in [-0.15, -0.1) is 0 Å². The minimum Gasteiger partial charge on any atom is -0.478 e. The van der Waals surface area contributed by atoms with Crippen molar-refractivity contribution in [3.63, 3.8) is 0 Å². The van der Waals surface area contributed by atoms with E-state index in [-0.39, 0.29) is 16.5 Å². The molecule has 0 unspecified atom stereocenters. The van der Waals surface area contributed by atoms with Crippen molar-refractivity contribution in [1.82, 2.24) is 4.98 Å². The molecule has 18 heavy (non-hydrogen) atoms. The second kappa shape index (κ2) is 5.53. The molecule has 0 amide bonds. The largest absolute Gasteiger partial charge is 0.478 e. The number of hydrogen-bond acceptors (Lipinski definition) is 3. The predicted octanol–water partition coefficient (Wildman–Crippen LogP) is 3.83. The maximum atomic E-state index is 10.9. The van der Waals surface area contributed by atoms with Crippen LogP contribution in [0.2, 0.25) is 5.02 Å². The summed E-state index contributed by atoms with van der Waals surface area (Å²) >= 11 is 7.87. The smallest absolute Gasteiger partial charge is 0.337 e. The van der Waals surface area contributed by atoms with Crippen molar-refractivity contribution in [1.29, 1.82) is 0 Å². The Morgan fingerprint density at radius 1 is 1.39 bits per heavy atom. The van der Waals surface area contributed by atoms with Gasteiger partial charge in [0.1, 0.15) is 5.75 Å². The molecular weight excluding hydrogens is 368 g/mol. The third-order valence-electron chi connectivity index (χ3n) is 2.08. The number of rotatable bonds is 3. The monoisotopic (exact) mass is 375 g/mol. The van der Waals surface area contributed by atoms with Crippen LogP contribution in [-0.4, -0.2) is 16.1 Å². The maximum absolute atomic E-state index is 10.9. The second-order valence-corrected chi connectivity index (χ2v) is 5.02. The normalized spacial score (nSPS) is 10.1. The molecule has 2 rings (SSSR count). The van der Waals surface area contributed by atoms with E-state index in [1.165, 1.54) is 12.3 Å². The molecule has 0 aliphatic heterocycles. The number of ether oxygens (including phenoxy) is 1. The van der Waals surface area contributed by atoms with Crippen molar-refractivity contribution >= 4 is 40.2 Å². The van der Waals surface area contributed by atoms with Gasteiger partial charge in [0.15, 0.2) is 0 Å². The van der Waals surface area contributed by atoms with Crippen LogP contribution < -0.4 is 4.74 Å². The number of aromatic nitrogens is 1. The zero-order chi connectivity index (χ0) is 13.1. The van der Waals surface area contributed by atoms with E-state index in [0.717, 1.165) is 3.57 Å². The molecule has 0 radical (unpaired) electrons. The number of carbonyl (C=O) groups is 1. The highest BCUT2D eigenvalue weighted by atomic mass is 127. The number of benzene rings is 1. The zero-order valence-electron chi connectivity index (χ0n) is 8.93. The lowest BCUT2D eigenvalue weighted by Crippen LogP contribution is -1.99. The van der Waals surface area contributed by atoms with E-state index < -0.39 is 5.97 Å². The van der Waals surface area contributed by atoms with E-state index in [9.17, 15) is 4.79 Å². The van der Waals surface area contributed by atoms with Crippen molar-refractivity contribution < 1.29 is 14.6 Å². The van der Waals surface area contributed by atoms with Crippen LogP contribution in [0.4, 0.5) is 0 Å². The summed E-state index contributed by atoms with van der Waals surface area (Å²) in [4.78, 5) is 14.8. The van der Waals surface area contributed by atoms with Crippen LogP contribution >= 0.6 is 34.2 Å². The first-order chi connectivity index (χ1) is 8.56. The Bertz CT molecular complexity index is 604. The fourth-order valence-electron chi connectivity index (χ4n) is 1.29. The van der Waals surface area contributed by atoms with Crippen LogP contribution in [0.1, 0.15) is 10.4 Å². The molecule has 0 saturated carbocycles. The SMILES string of the molecule is O=C(O)c1cc(Oc2cccc(I)c2)ncc1Cl. The Kier molecular flexibility index (Phi) is 4.03. The Labute approximate surface area is 122 Å². The highest BCUT2D eigenvalue weighted by Crippen LogP contribution is 2.24. The molecule has 4 nitrogen and oxygen atoms in total. The Morgan fingerprint density at radius 2 is 2.17 bits per heavy atom. The van der Waals surface area contributed by atoms with Crippen LogP contribution in [0.3, 0.4) is 0 Å². The predicted molar refractivity (Wildman–Crippen MR) is 75.4 cm³/mol. The molecule has 1 aromatic carbocycles. The summed E-state index contributed by atoms with van der Waals surface area (Å²) in [6.45, 7) is 0. The number of aromatic carboxylic acids is 1. The average Bonchev–Trinajstić information content (AvgIpc) is 2.31. The Balaban J connectivity index is 2.30. The number of carboxylic acid groups (broad SMARTS) is 1. The van der Waals surface area contributed by atoms with Gasteiger partial charge < -0.3 is 9.84 Å². The summed E-state index contributed by atoms with van der Waals surface area (Å²) in [7, 11) is 0. The quantitative estimate of drug-likeness (QED) is 0.828. The zero-order valence-corrected chi connectivity index (χ0v) is 11.8. The van der Waals surface area contributed by atoms with Crippen molar-refractivity contribution in [2.75, 3.05) is 0 Å². The van der Waals surface area contributed by atoms with Crippen molar-refractivity contribution in [2.45, 2.75) is 0 Å². The van der Waals surface area contributed by atoms with Gasteiger partial charge in [-0.25, -0.2) is 9.78 Å². The Morgan fingerprint density at radius 3 is 2.83 bits per heavy atom. The molecule has 0 aliphatic rings. The molecule has 0 fully saturated rings. The third-order valence-corrected chi connectivity index (χ3v) is 3.05. The van der Waals surface area contributed by atoms with Gasteiger partial charge in [-0.3, -0.25) is 0 Å². The molecule has 0 aliphatic carbocycles. The molecule has 0 saturated heterocycles. The van der Waals surface area contributed by atoms with Gasteiger partial charge in [0.2, 0.25) is 5.88 Å². The van der Waals surface area contributed by atoms with Crippen LogP contribution in [0, 0.1) is 3.57 Å². The van der Waals surface area contributed by atoms with Crippen molar-refractivity contribution in [3.05, 3.63) is 50.7 Å². The minimum atomic E-state index is -1.12. The number of nitrogens with zero attached hydrogens (tertiary/aromatic N) is 1. The number of carboxylic acids is 1. The Hall–Kier alpha value is -1.34. The second-order valence-electron chi connectivity index (χ2n) is 3.37. The van der Waals surface area contributed by atoms with Gasteiger partial charge in [-0.2, -0.15) is 0 Å². The number of halogens is 2. The van der Waals surface area contributed by atoms with Gasteiger partial charge in [0.05, 0.1) is 16.8 Å². The summed E-state index contributed by atoms with van der Waals surface area (Å²) in [5.41, 5.74) is -0.0349. The molecule has 1 N–H and O–H groups in total. The molecule has 1 aromatic heterocycles. The highest BCUT2D eigenvalue weighted by Gasteiger charge is 2.11. The third kappa shape index (κ3) is 3.11. The van der Waals surface area contributed by atoms with Gasteiger partial charge in [0.25, 0.3) is 0 Å². The topological polar surface area (TPSA) is 59.4 Å². The lowest BCUT2D eigenvalue weighted by atomic mass is 10.3. The summed E-state index contributed by atoms with van der Waals surface area (Å²) in [6, 6.07) is 8.64. The minimum absolute atomic E-state index is 0.0349. The fraction of sp³-hybridized carbons (Fsp3) is 0. The van der Waals surface area contributed by atoms with Gasteiger partial charge in [-0.05, 0) is 40.8 Å². The van der Waals surface area contributed by atoms with E-state index in [4.69, 9.17) is 21.4 Å². The van der Waals surface area contributed by atoms with E-state index >= 15 is 0 Å². The van der Waals surface area contributed by atoms with Crippen LogP contribution in [0.5, 0.6) is 11.6 Å². The highest BCUT2D eigenvalue weighted by molar-refractivity contribution is 14.1. The summed E-state index contributed by atoms with van der Waals surface area (Å²) < 4.78 is 6.48. The van der Waals surface area contributed by atoms with E-state index in [2.05, 4.69) is 27.6 Å². The van der Waals surface area contributed by atoms with Gasteiger partial charge in [-0.1, -0.05) is 17.7 Å². The summed E-state index contributed by atoms with van der Waals surface area (Å²) in [5, 5.41) is 9.01. The lowest BCUT2D eigenvalue weighted by molar-refractivity contribution is 0.0696. The molecule has 0 bridgehead atoms. The van der Waals surface area contributed by atoms with Crippen LogP contribution in [0.15, 0.2) is 36.5 Å². The van der Waals surface area contributed by atoms with E-state index in [1.54, 1.807) is 6.07 Å². The van der Waals surface area contributed by atoms with Crippen LogP contribution in [0.25, 0.3) is 0 Å². The maximum Gasteiger partial charge on any atom is 0.337 e. The molecule has 1 heterocycles. The van der Waals surface area contributed by atoms with Gasteiger partial charge in [0, 0.05) is 9.64 Å². The molecule has 0 atom stereocenters. The summed E-state index contributed by atoms with van der Waals surface area (Å²) in [6.07, 6.45) is 1.26. The first-order valence-electron chi connectivity index (χ1n) is 4.88. The lowest BCUT2D eigenvalue weighted by Gasteiger charge is -2.06.